The van der Waals surface area contributed by atoms with Crippen molar-refractivity contribution in [1.29, 1.82) is 0 Å². The zero-order valence-corrected chi connectivity index (χ0v) is 25.6. The van der Waals surface area contributed by atoms with Crippen LogP contribution in [0, 0.1) is 0 Å². The molecule has 8 nitrogen and oxygen atoms in total. The topological polar surface area (TPSA) is 114 Å². The van der Waals surface area contributed by atoms with Crippen LogP contribution in [0.3, 0.4) is 0 Å². The third-order valence-corrected chi connectivity index (χ3v) is 10.0. The Morgan fingerprint density at radius 3 is 2.50 bits per heavy atom. The molecule has 0 bridgehead atoms. The molecule has 0 spiro atoms. The summed E-state index contributed by atoms with van der Waals surface area (Å²) >= 11 is 0. The Morgan fingerprint density at radius 1 is 1.18 bits per heavy atom. The van der Waals surface area contributed by atoms with Gasteiger partial charge in [-0.2, -0.15) is 10.6 Å². The molecule has 3 rings (SSSR count). The van der Waals surface area contributed by atoms with E-state index >= 15 is 0 Å². The molecule has 3 atom stereocenters. The van der Waals surface area contributed by atoms with E-state index in [1.807, 2.05) is 44.4 Å². The van der Waals surface area contributed by atoms with Crippen LogP contribution >= 0.6 is 10.6 Å². The molecule has 1 aliphatic rings. The van der Waals surface area contributed by atoms with E-state index in [0.717, 1.165) is 56.2 Å². The van der Waals surface area contributed by atoms with Gasteiger partial charge in [0.1, 0.15) is 11.8 Å². The molecule has 5 N–H and O–H groups in total. The van der Waals surface area contributed by atoms with Gasteiger partial charge in [0, 0.05) is 23.2 Å². The van der Waals surface area contributed by atoms with Crippen LogP contribution < -0.4 is 15.4 Å². The third kappa shape index (κ3) is 8.21. The van der Waals surface area contributed by atoms with E-state index < -0.39 is 28.1 Å². The minimum Gasteiger partial charge on any atom is -0.496 e. The summed E-state index contributed by atoms with van der Waals surface area (Å²) in [6.45, 7) is 5.42. The zero-order chi connectivity index (χ0) is 29.3. The predicted octanol–water partition coefficient (Wildman–Crippen LogP) is 6.11. The van der Waals surface area contributed by atoms with Crippen molar-refractivity contribution in [2.24, 2.45) is 0 Å². The van der Waals surface area contributed by atoms with Crippen molar-refractivity contribution >= 4 is 16.6 Å². The van der Waals surface area contributed by atoms with Crippen LogP contribution in [0.25, 0.3) is 0 Å². The molecule has 9 heteroatoms. The van der Waals surface area contributed by atoms with Gasteiger partial charge < -0.3 is 20.1 Å². The average molecular weight is 576 g/mol. The predicted molar refractivity (Wildman–Crippen MR) is 164 cm³/mol. The Bertz CT molecular complexity index is 1100. The Hall–Kier alpha value is -2.14. The second-order valence-corrected chi connectivity index (χ2v) is 13.4. The van der Waals surface area contributed by atoms with E-state index in [1.54, 1.807) is 7.11 Å². The van der Waals surface area contributed by atoms with Gasteiger partial charge in [-0.15, -0.1) is 0 Å². The lowest BCUT2D eigenvalue weighted by Gasteiger charge is -2.42. The van der Waals surface area contributed by atoms with Gasteiger partial charge in [0.15, 0.2) is 0 Å². The van der Waals surface area contributed by atoms with Crippen molar-refractivity contribution in [1.82, 2.24) is 15.5 Å². The molecule has 0 saturated heterocycles. The number of hydrogen-bond donors (Lipinski definition) is 5. The normalized spacial score (nSPS) is 21.9. The Kier molecular flexibility index (Phi) is 11.9. The van der Waals surface area contributed by atoms with Gasteiger partial charge in [-0.3, -0.25) is 19.2 Å². The molecule has 2 aromatic carbocycles. The van der Waals surface area contributed by atoms with Gasteiger partial charge in [0.25, 0.3) is 0 Å². The lowest BCUT2D eigenvalue weighted by atomic mass is 9.88. The van der Waals surface area contributed by atoms with Gasteiger partial charge >= 0.3 is 5.97 Å². The first kappa shape index (κ1) is 32.4. The first-order chi connectivity index (χ1) is 19.1. The highest BCUT2D eigenvalue weighted by atomic mass is 32.3. The molecule has 0 radical (unpaired) electrons. The molecule has 224 valence electrons. The first-order valence-corrected chi connectivity index (χ1v) is 16.2. The second kappa shape index (κ2) is 14.7. The van der Waals surface area contributed by atoms with E-state index in [4.69, 9.17) is 4.74 Å². The number of nitrogens with one attached hydrogen (secondary N) is 2. The summed E-state index contributed by atoms with van der Waals surface area (Å²) in [5.74, 6) is -0.0614. The minimum absolute atomic E-state index is 0.232. The van der Waals surface area contributed by atoms with Crippen molar-refractivity contribution < 1.29 is 23.7 Å². The van der Waals surface area contributed by atoms with Crippen LogP contribution in [0.5, 0.6) is 5.75 Å². The standard InChI is InChI=1S/C31H49N3O5S/c1-6-8-17-31(7-2)22-40(37,38)28-19-24(21-32-26(30(35)36)16-12-13-18-34(3)4)27(39-5)20-25(28)29(33-31)23-14-10-9-11-15-23/h9-11,14-15,19-20,26,29,32-33,37-38H,6-8,12-13,16-18,21-22H2,1-5H3,(H,35,36)/t26-,29+,31+/m0/s1. The van der Waals surface area contributed by atoms with Gasteiger partial charge in [-0.25, -0.2) is 0 Å². The summed E-state index contributed by atoms with van der Waals surface area (Å²) in [5.41, 5.74) is 2.11. The lowest BCUT2D eigenvalue weighted by Crippen LogP contribution is -2.49. The molecule has 0 unspecified atom stereocenters. The molecule has 0 aliphatic carbocycles. The molecular formula is C31H49N3O5S. The highest BCUT2D eigenvalue weighted by Gasteiger charge is 2.42. The number of unbranched alkanes of at least 4 members (excludes halogenated alkanes) is 2. The molecule has 0 fully saturated rings. The summed E-state index contributed by atoms with van der Waals surface area (Å²) in [6.07, 6.45) is 5.85. The number of benzene rings is 2. The van der Waals surface area contributed by atoms with Crippen molar-refractivity contribution in [2.75, 3.05) is 33.5 Å². The van der Waals surface area contributed by atoms with Crippen molar-refractivity contribution in [3.05, 3.63) is 59.2 Å². The first-order valence-electron chi connectivity index (χ1n) is 14.5. The maximum atomic E-state index is 12.0. The molecule has 0 amide bonds. The summed E-state index contributed by atoms with van der Waals surface area (Å²) < 4.78 is 29.2. The molecule has 0 saturated carbocycles. The largest absolute Gasteiger partial charge is 0.496 e. The number of rotatable bonds is 15. The smallest absolute Gasteiger partial charge is 0.320 e. The van der Waals surface area contributed by atoms with Crippen LogP contribution in [-0.4, -0.2) is 70.2 Å². The van der Waals surface area contributed by atoms with Gasteiger partial charge in [-0.05, 0) is 64.0 Å². The number of carboxylic acids is 1. The molecular weight excluding hydrogens is 526 g/mol. The van der Waals surface area contributed by atoms with Crippen LogP contribution in [0.4, 0.5) is 0 Å². The number of methoxy groups -OCH3 is 1. The van der Waals surface area contributed by atoms with E-state index in [2.05, 4.69) is 41.5 Å². The van der Waals surface area contributed by atoms with Crippen LogP contribution in [0.1, 0.15) is 81.5 Å². The lowest BCUT2D eigenvalue weighted by molar-refractivity contribution is -0.139. The number of carbonyl (C=O) groups is 1. The third-order valence-electron chi connectivity index (χ3n) is 8.01. The van der Waals surface area contributed by atoms with E-state index in [1.165, 1.54) is 0 Å². The SMILES string of the molecule is CCCC[C@]1(CC)CS(O)(O)c2cc(CN[C@@H](CCCCN(C)C)C(=O)O)c(OC)cc2[C@@H](c2ccccc2)N1. The van der Waals surface area contributed by atoms with E-state index in [-0.39, 0.29) is 18.3 Å². The molecule has 0 aromatic heterocycles. The minimum atomic E-state index is -3.16. The maximum Gasteiger partial charge on any atom is 0.320 e. The zero-order valence-electron chi connectivity index (χ0n) is 24.8. The summed E-state index contributed by atoms with van der Waals surface area (Å²) in [5, 5.41) is 16.9. The van der Waals surface area contributed by atoms with Crippen molar-refractivity contribution in [3.63, 3.8) is 0 Å². The molecule has 40 heavy (non-hydrogen) atoms. The van der Waals surface area contributed by atoms with E-state index in [9.17, 15) is 19.0 Å². The number of nitrogens with zero attached hydrogens (tertiary/aromatic N) is 1. The number of aliphatic carboxylic acids is 1. The number of fused-ring (bicyclic) bond motifs is 1. The second-order valence-electron chi connectivity index (χ2n) is 11.3. The van der Waals surface area contributed by atoms with Gasteiger partial charge in [-0.1, -0.05) is 63.4 Å². The van der Waals surface area contributed by atoms with Crippen molar-refractivity contribution in [2.45, 2.75) is 87.9 Å². The number of hydrogen-bond acceptors (Lipinski definition) is 7. The van der Waals surface area contributed by atoms with Crippen LogP contribution in [0.15, 0.2) is 47.4 Å². The fourth-order valence-corrected chi connectivity index (χ4v) is 7.86. The average Bonchev–Trinajstić information content (AvgIpc) is 3.03. The summed E-state index contributed by atoms with van der Waals surface area (Å²) in [7, 11) is 2.45. The van der Waals surface area contributed by atoms with E-state index in [0.29, 0.717) is 22.6 Å². The summed E-state index contributed by atoms with van der Waals surface area (Å²) in [6, 6.07) is 12.9. The number of ether oxygens (including phenoxy) is 1. The molecule has 1 aliphatic heterocycles. The number of carboxylic acid groups (broad SMARTS) is 1. The van der Waals surface area contributed by atoms with Crippen molar-refractivity contribution in [3.8, 4) is 5.75 Å². The summed E-state index contributed by atoms with van der Waals surface area (Å²) in [4.78, 5) is 14.6. The fourth-order valence-electron chi connectivity index (χ4n) is 5.61. The highest BCUT2D eigenvalue weighted by Crippen LogP contribution is 2.58. The van der Waals surface area contributed by atoms with Gasteiger partial charge in [0.05, 0.1) is 23.8 Å². The van der Waals surface area contributed by atoms with Gasteiger partial charge in [0.2, 0.25) is 0 Å². The van der Waals surface area contributed by atoms with Crippen LogP contribution in [-0.2, 0) is 11.3 Å². The monoisotopic (exact) mass is 575 g/mol. The molecule has 1 heterocycles. The Balaban J connectivity index is 2.00. The Labute approximate surface area is 241 Å². The molecule has 2 aromatic rings. The van der Waals surface area contributed by atoms with Crippen LogP contribution in [0.2, 0.25) is 0 Å². The highest BCUT2D eigenvalue weighted by molar-refractivity contribution is 8.24. The quantitative estimate of drug-likeness (QED) is 0.162. The maximum absolute atomic E-state index is 12.0. The fraction of sp³-hybridized carbons (Fsp3) is 0.581. The Morgan fingerprint density at radius 2 is 1.90 bits per heavy atom.